The van der Waals surface area contributed by atoms with Gasteiger partial charge in [0.15, 0.2) is 0 Å². The summed E-state index contributed by atoms with van der Waals surface area (Å²) in [7, 11) is 0. The molecule has 0 radical (unpaired) electrons. The van der Waals surface area contributed by atoms with E-state index in [0.29, 0.717) is 16.2 Å². The second-order valence-corrected chi connectivity index (χ2v) is 3.99. The van der Waals surface area contributed by atoms with Crippen LogP contribution in [0.4, 0.5) is 0 Å². The summed E-state index contributed by atoms with van der Waals surface area (Å²) in [5.74, 6) is 2.60. The molecular weight excluding hydrogens is 220 g/mol. The van der Waals surface area contributed by atoms with E-state index in [1.807, 2.05) is 5.38 Å². The van der Waals surface area contributed by atoms with Gasteiger partial charge in [-0.2, -0.15) is 0 Å². The molecule has 0 saturated heterocycles. The van der Waals surface area contributed by atoms with Gasteiger partial charge in [-0.1, -0.05) is 18.1 Å². The van der Waals surface area contributed by atoms with Crippen LogP contribution in [0.1, 0.15) is 15.2 Å². The highest BCUT2D eigenvalue weighted by atomic mass is 32.1. The van der Waals surface area contributed by atoms with Crippen molar-refractivity contribution in [3.8, 4) is 18.1 Å². The van der Waals surface area contributed by atoms with E-state index in [1.165, 1.54) is 11.3 Å². The van der Waals surface area contributed by atoms with Crippen LogP contribution < -0.4 is 4.74 Å². The lowest BCUT2D eigenvalue weighted by molar-refractivity contribution is 0.0740. The number of esters is 1. The van der Waals surface area contributed by atoms with Crippen LogP contribution in [0, 0.1) is 12.3 Å². The molecule has 0 aliphatic carbocycles. The van der Waals surface area contributed by atoms with E-state index in [2.05, 4.69) is 5.92 Å². The summed E-state index contributed by atoms with van der Waals surface area (Å²) in [5.41, 5.74) is 0.691. The molecule has 0 atom stereocenters. The SMILES string of the molecule is C#Cc1cccc(OC(=O)c2cccs2)c1. The van der Waals surface area contributed by atoms with Crippen molar-refractivity contribution in [2.75, 3.05) is 0 Å². The molecule has 2 rings (SSSR count). The number of thiophene rings is 1. The molecule has 0 fully saturated rings. The Hall–Kier alpha value is -2.05. The molecule has 0 bridgehead atoms. The van der Waals surface area contributed by atoms with Crippen LogP contribution in [0.25, 0.3) is 0 Å². The van der Waals surface area contributed by atoms with Gasteiger partial charge in [0.2, 0.25) is 0 Å². The van der Waals surface area contributed by atoms with Crippen molar-refractivity contribution >= 4 is 17.3 Å². The van der Waals surface area contributed by atoms with E-state index >= 15 is 0 Å². The lowest BCUT2D eigenvalue weighted by Crippen LogP contribution is -2.06. The first-order valence-corrected chi connectivity index (χ1v) is 5.50. The fourth-order valence-electron chi connectivity index (χ4n) is 1.20. The lowest BCUT2D eigenvalue weighted by atomic mass is 10.2. The van der Waals surface area contributed by atoms with Gasteiger partial charge >= 0.3 is 5.97 Å². The van der Waals surface area contributed by atoms with Gasteiger partial charge < -0.3 is 4.74 Å². The van der Waals surface area contributed by atoms with E-state index in [-0.39, 0.29) is 5.97 Å². The Labute approximate surface area is 97.5 Å². The smallest absolute Gasteiger partial charge is 0.353 e. The Morgan fingerprint density at radius 1 is 1.31 bits per heavy atom. The topological polar surface area (TPSA) is 26.3 Å². The number of hydrogen-bond donors (Lipinski definition) is 0. The first-order chi connectivity index (χ1) is 7.79. The maximum Gasteiger partial charge on any atom is 0.353 e. The molecule has 16 heavy (non-hydrogen) atoms. The fourth-order valence-corrected chi connectivity index (χ4v) is 1.80. The number of rotatable bonds is 2. The van der Waals surface area contributed by atoms with E-state index < -0.39 is 0 Å². The zero-order valence-electron chi connectivity index (χ0n) is 8.34. The first kappa shape index (κ1) is 10.5. The van der Waals surface area contributed by atoms with Gasteiger partial charge in [-0.15, -0.1) is 17.8 Å². The van der Waals surface area contributed by atoms with Crippen molar-refractivity contribution in [1.29, 1.82) is 0 Å². The highest BCUT2D eigenvalue weighted by molar-refractivity contribution is 7.12. The monoisotopic (exact) mass is 228 g/mol. The molecule has 0 N–H and O–H groups in total. The third-order valence-electron chi connectivity index (χ3n) is 1.93. The van der Waals surface area contributed by atoms with Crippen molar-refractivity contribution in [2.24, 2.45) is 0 Å². The van der Waals surface area contributed by atoms with Gasteiger partial charge in [0.1, 0.15) is 10.6 Å². The molecule has 1 heterocycles. The summed E-state index contributed by atoms with van der Waals surface area (Å²) in [4.78, 5) is 12.2. The standard InChI is InChI=1S/C13H8O2S/c1-2-10-5-3-6-11(9-10)15-13(14)12-7-4-8-16-12/h1,3-9H. The van der Waals surface area contributed by atoms with Crippen LogP contribution in [0.3, 0.4) is 0 Å². The molecule has 0 spiro atoms. The third kappa shape index (κ3) is 2.30. The van der Waals surface area contributed by atoms with Crippen LogP contribution in [0.15, 0.2) is 41.8 Å². The van der Waals surface area contributed by atoms with Gasteiger partial charge in [-0.3, -0.25) is 0 Å². The second-order valence-electron chi connectivity index (χ2n) is 3.04. The number of hydrogen-bond acceptors (Lipinski definition) is 3. The largest absolute Gasteiger partial charge is 0.422 e. The first-order valence-electron chi connectivity index (χ1n) is 4.62. The zero-order valence-corrected chi connectivity index (χ0v) is 9.16. The Morgan fingerprint density at radius 3 is 2.88 bits per heavy atom. The summed E-state index contributed by atoms with van der Waals surface area (Å²) in [5, 5.41) is 1.83. The average Bonchev–Trinajstić information content (AvgIpc) is 2.83. The van der Waals surface area contributed by atoms with E-state index in [4.69, 9.17) is 11.2 Å². The van der Waals surface area contributed by atoms with Gasteiger partial charge in [0.25, 0.3) is 0 Å². The Bertz CT molecular complexity index is 535. The summed E-state index contributed by atoms with van der Waals surface area (Å²) in [6.07, 6.45) is 5.26. The van der Waals surface area contributed by atoms with Gasteiger partial charge in [-0.25, -0.2) is 4.79 Å². The second kappa shape index (κ2) is 4.65. The Kier molecular flexibility index (Phi) is 3.04. The molecule has 1 aromatic carbocycles. The number of benzene rings is 1. The molecular formula is C13H8O2S. The molecule has 0 unspecified atom stereocenters. The number of terminal acetylenes is 1. The van der Waals surface area contributed by atoms with E-state index in [9.17, 15) is 4.79 Å². The number of ether oxygens (including phenoxy) is 1. The summed E-state index contributed by atoms with van der Waals surface area (Å²) < 4.78 is 5.18. The third-order valence-corrected chi connectivity index (χ3v) is 2.78. The van der Waals surface area contributed by atoms with Crippen LogP contribution in [-0.2, 0) is 0 Å². The van der Waals surface area contributed by atoms with Gasteiger partial charge in [0.05, 0.1) is 0 Å². The van der Waals surface area contributed by atoms with Crippen LogP contribution in [-0.4, -0.2) is 5.97 Å². The van der Waals surface area contributed by atoms with Crippen LogP contribution in [0.5, 0.6) is 5.75 Å². The molecule has 0 amide bonds. The Balaban J connectivity index is 2.16. The molecule has 0 aliphatic rings. The minimum atomic E-state index is -0.357. The normalized spacial score (nSPS) is 9.44. The average molecular weight is 228 g/mol. The molecule has 1 aromatic heterocycles. The summed E-state index contributed by atoms with van der Waals surface area (Å²) >= 11 is 1.35. The number of carbonyl (C=O) groups excluding carboxylic acids is 1. The Morgan fingerprint density at radius 2 is 2.19 bits per heavy atom. The number of carbonyl (C=O) groups is 1. The molecule has 3 heteroatoms. The van der Waals surface area contributed by atoms with Crippen LogP contribution >= 0.6 is 11.3 Å². The van der Waals surface area contributed by atoms with Crippen LogP contribution in [0.2, 0.25) is 0 Å². The van der Waals surface area contributed by atoms with Crippen molar-refractivity contribution in [1.82, 2.24) is 0 Å². The molecule has 0 saturated carbocycles. The zero-order chi connectivity index (χ0) is 11.4. The lowest BCUT2D eigenvalue weighted by Gasteiger charge is -2.02. The molecule has 2 nitrogen and oxygen atoms in total. The van der Waals surface area contributed by atoms with Gasteiger partial charge in [-0.05, 0) is 29.6 Å². The predicted octanol–water partition coefficient (Wildman–Crippen LogP) is 2.95. The highest BCUT2D eigenvalue weighted by Gasteiger charge is 2.08. The molecule has 78 valence electrons. The minimum Gasteiger partial charge on any atom is -0.422 e. The predicted molar refractivity (Wildman–Crippen MR) is 63.7 cm³/mol. The van der Waals surface area contributed by atoms with Crippen molar-refractivity contribution in [3.05, 3.63) is 52.2 Å². The highest BCUT2D eigenvalue weighted by Crippen LogP contribution is 2.16. The fraction of sp³-hybridized carbons (Fsp3) is 0. The van der Waals surface area contributed by atoms with E-state index in [1.54, 1.807) is 36.4 Å². The van der Waals surface area contributed by atoms with E-state index in [0.717, 1.165) is 0 Å². The maximum absolute atomic E-state index is 11.6. The summed E-state index contributed by atoms with van der Waals surface area (Å²) in [6, 6.07) is 10.4. The minimum absolute atomic E-state index is 0.357. The van der Waals surface area contributed by atoms with Crippen molar-refractivity contribution < 1.29 is 9.53 Å². The van der Waals surface area contributed by atoms with Gasteiger partial charge in [0, 0.05) is 5.56 Å². The molecule has 0 aliphatic heterocycles. The summed E-state index contributed by atoms with van der Waals surface area (Å²) in [6.45, 7) is 0. The maximum atomic E-state index is 11.6. The van der Waals surface area contributed by atoms with Crippen molar-refractivity contribution in [3.63, 3.8) is 0 Å². The quantitative estimate of drug-likeness (QED) is 0.449. The van der Waals surface area contributed by atoms with Crippen molar-refractivity contribution in [2.45, 2.75) is 0 Å². The molecule has 2 aromatic rings.